The van der Waals surface area contributed by atoms with Gasteiger partial charge in [0.1, 0.15) is 17.6 Å². The first-order chi connectivity index (χ1) is 65.6. The fraction of sp³-hybridized carbons (Fsp3) is 0.149. The molecule has 0 atom stereocenters. The Morgan fingerprint density at radius 2 is 0.612 bits per heavy atom. The maximum Gasteiger partial charge on any atom is 0.416 e. The van der Waals surface area contributed by atoms with Crippen molar-refractivity contribution >= 4 is 39.8 Å². The number of hydrogen-bond acceptors (Lipinski definition) is 16. The molecule has 0 bridgehead atoms. The van der Waals surface area contributed by atoms with Gasteiger partial charge in [0.2, 0.25) is 0 Å². The molecule has 16 aromatic rings. The molecular weight excluding hydrogens is 1840 g/mol. The molecule has 45 heteroatoms. The van der Waals surface area contributed by atoms with Crippen molar-refractivity contribution in [3.8, 4) is 90.5 Å². The third-order valence-corrected chi connectivity index (χ3v) is 22.0. The molecule has 0 radical (unpaired) electrons. The van der Waals surface area contributed by atoms with Crippen LogP contribution in [0.4, 0.5) is 92.5 Å². The van der Waals surface area contributed by atoms with Crippen LogP contribution >= 0.6 is 0 Å². The molecule has 0 amide bonds. The Balaban J connectivity index is 0.000000156. The van der Waals surface area contributed by atoms with Crippen molar-refractivity contribution in [3.63, 3.8) is 0 Å². The second-order valence-corrected chi connectivity index (χ2v) is 30.7. The number of anilines is 2. The molecule has 0 spiro atoms. The minimum absolute atomic E-state index is 0.00349. The molecule has 16 rings (SSSR count). The first-order valence-electron chi connectivity index (χ1n) is 40.4. The average Bonchev–Trinajstić information content (AvgIpc) is 1.70. The van der Waals surface area contributed by atoms with Gasteiger partial charge in [-0.05, 0) is 155 Å². The summed E-state index contributed by atoms with van der Waals surface area (Å²) in [5.74, 6) is 0. The summed E-state index contributed by atoms with van der Waals surface area (Å²) in [5, 5.41) is 28.8. The SMILES string of the molecule is [C-]#[N+]c1ccc(-n2ncc(N(C)C)c2-c2c(C)n(-c3cccc(C(F)(F)F)c3)c(=O)n(C)c2=O)cc1.[C-]#[N+]c1ccc(-n2ncc(N)c2-c2c(C)n(-c3cccc(C(F)(F)F)c3)c(=O)n(C)c2=O)cc1.[C-]#[N+]c1ccc(-n2ncc([N+](=O)[O-])c2-c2c(C)n(-c3cccc(C(F)(F)F)c3)c(=O)n(C)c2=O)cc1.[C-]#[N+]c1ccc(-n2nccc2-c2c(C)n(-c3cccc(C(F)(F)F)c3)c(=O)n(C)c2=O)cc1. The molecule has 0 aliphatic carbocycles. The molecule has 0 fully saturated rings. The lowest BCUT2D eigenvalue weighted by Crippen LogP contribution is -2.40. The molecule has 139 heavy (non-hydrogen) atoms. The Kier molecular flexibility index (Phi) is 26.9. The zero-order valence-corrected chi connectivity index (χ0v) is 73.9. The Morgan fingerprint density at radius 3 is 0.914 bits per heavy atom. The number of alkyl halides is 12. The summed E-state index contributed by atoms with van der Waals surface area (Å²) < 4.78 is 172. The van der Waals surface area contributed by atoms with E-state index in [-0.39, 0.29) is 90.5 Å². The van der Waals surface area contributed by atoms with Crippen LogP contribution in [0, 0.1) is 64.1 Å². The van der Waals surface area contributed by atoms with E-state index in [9.17, 15) is 101 Å². The fourth-order valence-corrected chi connectivity index (χ4v) is 15.1. The third kappa shape index (κ3) is 19.0. The van der Waals surface area contributed by atoms with Gasteiger partial charge < -0.3 is 10.6 Å². The van der Waals surface area contributed by atoms with E-state index in [1.165, 1.54) is 142 Å². The smallest absolute Gasteiger partial charge is 0.396 e. The zero-order valence-electron chi connectivity index (χ0n) is 73.9. The Morgan fingerprint density at radius 1 is 0.345 bits per heavy atom. The summed E-state index contributed by atoms with van der Waals surface area (Å²) in [6, 6.07) is 43.8. The Labute approximate surface area is 774 Å². The van der Waals surface area contributed by atoms with Crippen LogP contribution in [0.3, 0.4) is 0 Å². The standard InChI is InChI=1S/C25H21F3N6O2.C23H15F3N6O4.C23H17F3N6O2.C23H16F3N5O2/c1-15-21(22-20(31(3)4)14-30-34(22)18-11-9-17(29-2)10-12-18)23(35)32(5)24(36)33(15)19-8-6-7-16(13-19)25(26,27)28;1-13-19(20-18(32(35)36)12-28-31(20)16-9-7-15(27-2)8-10-16)21(33)29(3)22(34)30(13)17-6-4-5-14(11-17)23(24,25)26;1-13-19(20-18(27)12-29-32(20)16-9-7-15(28-2)8-10-16)21(33)30(3)22(34)31(13)17-6-4-5-14(11-17)23(24,25)26;1-14-20(19-11-12-28-31(19)17-9-7-16(27-2)8-10-17)21(32)29(3)22(33)30(14)18-6-4-5-15(13-18)23(24,25)26/h6-14H,1,3-5H3;4-12H,1,3H3;4-12H,27H2,1,3H3;4-13H,1,3H3. The second-order valence-electron chi connectivity index (χ2n) is 30.7. The van der Waals surface area contributed by atoms with Crippen LogP contribution in [0.2, 0.25) is 0 Å². The number of benzene rings is 8. The van der Waals surface area contributed by atoms with Gasteiger partial charge in [0.15, 0.2) is 28.4 Å². The molecule has 8 aromatic carbocycles. The molecule has 8 heterocycles. The van der Waals surface area contributed by atoms with Crippen LogP contribution in [-0.2, 0) is 52.9 Å². The van der Waals surface area contributed by atoms with Crippen molar-refractivity contribution in [1.29, 1.82) is 0 Å². The normalized spacial score (nSPS) is 11.4. The minimum atomic E-state index is -4.69. The molecule has 8 aromatic heterocycles. The largest absolute Gasteiger partial charge is 0.416 e. The van der Waals surface area contributed by atoms with Crippen LogP contribution < -0.4 is 55.6 Å². The number of nitro groups is 1. The van der Waals surface area contributed by atoms with E-state index in [0.717, 1.165) is 104 Å². The van der Waals surface area contributed by atoms with Crippen LogP contribution in [0.15, 0.2) is 263 Å². The number of rotatable bonds is 14. The summed E-state index contributed by atoms with van der Waals surface area (Å²) in [5.41, 5.74) is 0.399. The number of hydrogen-bond donors (Lipinski definition) is 1. The lowest BCUT2D eigenvalue weighted by Gasteiger charge is -2.20. The molecule has 33 nitrogen and oxygen atoms in total. The van der Waals surface area contributed by atoms with Crippen molar-refractivity contribution in [2.75, 3.05) is 24.7 Å². The number of nitrogen functional groups attached to an aromatic ring is 1. The number of halogens is 12. The maximum atomic E-state index is 13.4. The van der Waals surface area contributed by atoms with Crippen molar-refractivity contribution < 1.29 is 57.6 Å². The van der Waals surface area contributed by atoms with Gasteiger partial charge in [0, 0.05) is 65.1 Å². The van der Waals surface area contributed by atoms with E-state index in [2.05, 4.69) is 39.8 Å². The average molecular weight is 1910 g/mol. The fourth-order valence-electron chi connectivity index (χ4n) is 15.1. The van der Waals surface area contributed by atoms with Crippen LogP contribution in [0.5, 0.6) is 0 Å². The van der Waals surface area contributed by atoms with Gasteiger partial charge in [0.25, 0.3) is 22.2 Å². The van der Waals surface area contributed by atoms with E-state index in [0.29, 0.717) is 61.5 Å². The second kappa shape index (κ2) is 38.2. The highest BCUT2D eigenvalue weighted by atomic mass is 19.4. The van der Waals surface area contributed by atoms with Gasteiger partial charge in [-0.2, -0.15) is 73.1 Å². The summed E-state index contributed by atoms with van der Waals surface area (Å²) >= 11 is 0. The van der Waals surface area contributed by atoms with Crippen molar-refractivity contribution in [3.05, 3.63) is 409 Å². The molecule has 0 aliphatic rings. The van der Waals surface area contributed by atoms with Crippen molar-refractivity contribution in [2.45, 2.75) is 52.4 Å². The van der Waals surface area contributed by atoms with Crippen LogP contribution in [-0.4, -0.2) is 94.7 Å². The van der Waals surface area contributed by atoms with Crippen molar-refractivity contribution in [1.82, 2.24) is 75.7 Å². The van der Waals surface area contributed by atoms with Gasteiger partial charge in [-0.1, -0.05) is 72.8 Å². The molecule has 0 saturated carbocycles. The van der Waals surface area contributed by atoms with E-state index in [1.54, 1.807) is 104 Å². The predicted molar refractivity (Wildman–Crippen MR) is 489 cm³/mol. The number of nitrogens with two attached hydrogens (primary N) is 1. The molecule has 0 aliphatic heterocycles. The summed E-state index contributed by atoms with van der Waals surface area (Å²) in [6.45, 7) is 34.2. The van der Waals surface area contributed by atoms with Gasteiger partial charge in [-0.25, -0.2) is 57.3 Å². The van der Waals surface area contributed by atoms with E-state index < -0.39 is 103 Å². The van der Waals surface area contributed by atoms with Gasteiger partial charge in [-0.3, -0.25) is 65.8 Å². The highest BCUT2D eigenvalue weighted by molar-refractivity contribution is 5.80. The first kappa shape index (κ1) is 98.0. The Bertz CT molecular complexity index is 8320. The summed E-state index contributed by atoms with van der Waals surface area (Å²) in [4.78, 5) is 131. The van der Waals surface area contributed by atoms with Crippen molar-refractivity contribution in [2.24, 2.45) is 28.2 Å². The maximum absolute atomic E-state index is 13.4. The zero-order chi connectivity index (χ0) is 101. The van der Waals surface area contributed by atoms with Gasteiger partial charge >= 0.3 is 53.2 Å². The molecule has 2 N–H and O–H groups in total. The molecule has 704 valence electrons. The monoisotopic (exact) mass is 1910 g/mol. The highest BCUT2D eigenvalue weighted by Crippen LogP contribution is 2.40. The van der Waals surface area contributed by atoms with E-state index in [4.69, 9.17) is 32.0 Å². The number of nitrogens with zero attached hydrogens (tertiary/aromatic N) is 22. The minimum Gasteiger partial charge on any atom is -0.396 e. The van der Waals surface area contributed by atoms with E-state index >= 15 is 0 Å². The molecular formula is C94H69F12N23O10. The topological polar surface area (TPSA) is 337 Å². The number of aromatic nitrogens is 16. The molecule has 0 saturated heterocycles. The predicted octanol–water partition coefficient (Wildman–Crippen LogP) is 16.6. The first-order valence-corrected chi connectivity index (χ1v) is 40.4. The summed E-state index contributed by atoms with van der Waals surface area (Å²) in [6.07, 6.45) is -13.2. The van der Waals surface area contributed by atoms with Gasteiger partial charge in [-0.15, -0.1) is 0 Å². The quantitative estimate of drug-likeness (QED) is 0.0457. The van der Waals surface area contributed by atoms with Crippen LogP contribution in [0.25, 0.3) is 110 Å². The molecule has 0 unspecified atom stereocenters. The van der Waals surface area contributed by atoms with Crippen LogP contribution in [0.1, 0.15) is 45.0 Å². The lowest BCUT2D eigenvalue weighted by molar-refractivity contribution is -0.384. The highest BCUT2D eigenvalue weighted by Gasteiger charge is 2.38. The van der Waals surface area contributed by atoms with E-state index in [1.807, 2.05) is 0 Å². The summed E-state index contributed by atoms with van der Waals surface area (Å²) in [7, 11) is 8.42. The lowest BCUT2D eigenvalue weighted by atomic mass is 10.1. The third-order valence-electron chi connectivity index (χ3n) is 22.0. The van der Waals surface area contributed by atoms with Gasteiger partial charge in [0.05, 0.1) is 157 Å². The Hall–Kier alpha value is -18.6.